The predicted molar refractivity (Wildman–Crippen MR) is 52.5 cm³/mol. The van der Waals surface area contributed by atoms with E-state index >= 15 is 0 Å². The minimum Gasteiger partial charge on any atom is -0.481 e. The first-order valence-electron chi connectivity index (χ1n) is 5.38. The molecular weight excluding hydrogens is 164 g/mol. The van der Waals surface area contributed by atoms with E-state index < -0.39 is 5.97 Å². The van der Waals surface area contributed by atoms with Gasteiger partial charge >= 0.3 is 5.97 Å². The van der Waals surface area contributed by atoms with Crippen LogP contribution in [0.15, 0.2) is 0 Å². The number of aliphatic carboxylic acids is 1. The van der Waals surface area contributed by atoms with E-state index in [1.54, 1.807) is 0 Å². The van der Waals surface area contributed by atoms with Crippen LogP contribution in [0.1, 0.15) is 46.0 Å². The van der Waals surface area contributed by atoms with Crippen molar-refractivity contribution in [3.63, 3.8) is 0 Å². The lowest BCUT2D eigenvalue weighted by Crippen LogP contribution is -2.24. The predicted octanol–water partition coefficient (Wildman–Crippen LogP) is 2.92. The van der Waals surface area contributed by atoms with Gasteiger partial charge in [0.25, 0.3) is 0 Å². The lowest BCUT2D eigenvalue weighted by atomic mass is 9.76. The monoisotopic (exact) mass is 184 g/mol. The van der Waals surface area contributed by atoms with Crippen molar-refractivity contribution in [3.8, 4) is 0 Å². The van der Waals surface area contributed by atoms with Crippen LogP contribution in [0, 0.1) is 17.8 Å². The van der Waals surface area contributed by atoms with E-state index in [4.69, 9.17) is 5.11 Å². The zero-order valence-electron chi connectivity index (χ0n) is 8.62. The third-order valence-electron chi connectivity index (χ3n) is 3.57. The van der Waals surface area contributed by atoms with Crippen LogP contribution in [0.4, 0.5) is 0 Å². The number of carboxylic acid groups (broad SMARTS) is 1. The Morgan fingerprint density at radius 1 is 1.38 bits per heavy atom. The summed E-state index contributed by atoms with van der Waals surface area (Å²) in [5.41, 5.74) is 0. The molecule has 1 atom stereocenters. The van der Waals surface area contributed by atoms with Gasteiger partial charge in [-0.05, 0) is 37.5 Å². The van der Waals surface area contributed by atoms with Gasteiger partial charge in [-0.25, -0.2) is 0 Å². The summed E-state index contributed by atoms with van der Waals surface area (Å²) in [6, 6.07) is 0. The first-order valence-corrected chi connectivity index (χ1v) is 5.38. The molecule has 1 aliphatic rings. The van der Waals surface area contributed by atoms with Gasteiger partial charge in [-0.3, -0.25) is 4.79 Å². The number of carboxylic acids is 1. The van der Waals surface area contributed by atoms with Crippen molar-refractivity contribution in [2.75, 3.05) is 0 Å². The molecule has 1 saturated carbocycles. The van der Waals surface area contributed by atoms with E-state index in [0.717, 1.165) is 37.5 Å². The van der Waals surface area contributed by atoms with Gasteiger partial charge in [-0.1, -0.05) is 20.3 Å². The van der Waals surface area contributed by atoms with Gasteiger partial charge in [0.15, 0.2) is 0 Å². The molecule has 13 heavy (non-hydrogen) atoms. The van der Waals surface area contributed by atoms with Gasteiger partial charge in [-0.15, -0.1) is 0 Å². The highest BCUT2D eigenvalue weighted by atomic mass is 16.4. The summed E-state index contributed by atoms with van der Waals surface area (Å²) >= 11 is 0. The first-order chi connectivity index (χ1) is 6.15. The first kappa shape index (κ1) is 10.6. The molecule has 0 aromatic rings. The van der Waals surface area contributed by atoms with Crippen LogP contribution in [0.3, 0.4) is 0 Å². The normalized spacial score (nSPS) is 31.2. The van der Waals surface area contributed by atoms with E-state index in [2.05, 4.69) is 13.8 Å². The zero-order valence-corrected chi connectivity index (χ0v) is 8.62. The lowest BCUT2D eigenvalue weighted by Gasteiger charge is -2.29. The molecule has 76 valence electrons. The molecule has 0 radical (unpaired) electrons. The van der Waals surface area contributed by atoms with Crippen molar-refractivity contribution >= 4 is 5.97 Å². The molecule has 1 fully saturated rings. The van der Waals surface area contributed by atoms with Crippen LogP contribution in [-0.2, 0) is 4.79 Å². The molecule has 0 aromatic carbocycles. The molecule has 1 N–H and O–H groups in total. The van der Waals surface area contributed by atoms with Crippen molar-refractivity contribution < 1.29 is 9.90 Å². The number of rotatable bonds is 3. The highest BCUT2D eigenvalue weighted by Crippen LogP contribution is 2.34. The Kier molecular flexibility index (Phi) is 3.76. The highest BCUT2D eigenvalue weighted by molar-refractivity contribution is 5.69. The molecule has 0 spiro atoms. The van der Waals surface area contributed by atoms with Crippen LogP contribution >= 0.6 is 0 Å². The summed E-state index contributed by atoms with van der Waals surface area (Å²) in [6.45, 7) is 4.50. The maximum Gasteiger partial charge on any atom is 0.306 e. The van der Waals surface area contributed by atoms with Crippen molar-refractivity contribution in [1.29, 1.82) is 0 Å². The van der Waals surface area contributed by atoms with Gasteiger partial charge in [0.05, 0.1) is 5.92 Å². The topological polar surface area (TPSA) is 37.3 Å². The van der Waals surface area contributed by atoms with Crippen LogP contribution in [-0.4, -0.2) is 11.1 Å². The van der Waals surface area contributed by atoms with E-state index in [1.165, 1.54) is 6.42 Å². The molecule has 0 unspecified atom stereocenters. The van der Waals surface area contributed by atoms with E-state index in [9.17, 15) is 4.79 Å². The molecule has 2 heteroatoms. The molecule has 0 amide bonds. The average molecular weight is 184 g/mol. The standard InChI is InChI=1S/C11H20O2/c1-3-8(2)9-4-6-10(7-5-9)11(12)13/h8-10H,3-7H2,1-2H3,(H,12,13)/t8-,9?,10?/m1/s1. The Morgan fingerprint density at radius 3 is 2.31 bits per heavy atom. The van der Waals surface area contributed by atoms with Gasteiger partial charge in [-0.2, -0.15) is 0 Å². The molecule has 0 heterocycles. The van der Waals surface area contributed by atoms with Crippen LogP contribution in [0.2, 0.25) is 0 Å². The van der Waals surface area contributed by atoms with Gasteiger partial charge < -0.3 is 5.11 Å². The summed E-state index contributed by atoms with van der Waals surface area (Å²) in [5.74, 6) is 0.901. The third-order valence-corrected chi connectivity index (χ3v) is 3.57. The van der Waals surface area contributed by atoms with E-state index in [1.807, 2.05) is 0 Å². The third kappa shape index (κ3) is 2.71. The summed E-state index contributed by atoms with van der Waals surface area (Å²) in [4.78, 5) is 10.7. The second-order valence-corrected chi connectivity index (χ2v) is 4.34. The quantitative estimate of drug-likeness (QED) is 0.732. The number of hydrogen-bond acceptors (Lipinski definition) is 1. The van der Waals surface area contributed by atoms with Crippen LogP contribution in [0.25, 0.3) is 0 Å². The smallest absolute Gasteiger partial charge is 0.306 e. The number of carbonyl (C=O) groups is 1. The fourth-order valence-corrected chi connectivity index (χ4v) is 2.27. The lowest BCUT2D eigenvalue weighted by molar-refractivity contribution is -0.143. The van der Waals surface area contributed by atoms with Gasteiger partial charge in [0.2, 0.25) is 0 Å². The van der Waals surface area contributed by atoms with Gasteiger partial charge in [0, 0.05) is 0 Å². The maximum atomic E-state index is 10.7. The van der Waals surface area contributed by atoms with Crippen molar-refractivity contribution in [1.82, 2.24) is 0 Å². The summed E-state index contributed by atoms with van der Waals surface area (Å²) < 4.78 is 0. The van der Waals surface area contributed by atoms with Crippen LogP contribution < -0.4 is 0 Å². The minimum absolute atomic E-state index is 0.0553. The molecule has 1 aliphatic carbocycles. The molecule has 0 saturated heterocycles. The fourth-order valence-electron chi connectivity index (χ4n) is 2.27. The molecule has 0 aromatic heterocycles. The Labute approximate surface area is 80.3 Å². The highest BCUT2D eigenvalue weighted by Gasteiger charge is 2.27. The zero-order chi connectivity index (χ0) is 9.84. The number of hydrogen-bond donors (Lipinski definition) is 1. The van der Waals surface area contributed by atoms with Crippen LogP contribution in [0.5, 0.6) is 0 Å². The second-order valence-electron chi connectivity index (χ2n) is 4.34. The van der Waals surface area contributed by atoms with Crippen molar-refractivity contribution in [2.24, 2.45) is 17.8 Å². The molecule has 0 bridgehead atoms. The van der Waals surface area contributed by atoms with E-state index in [-0.39, 0.29) is 5.92 Å². The van der Waals surface area contributed by atoms with E-state index in [0.29, 0.717) is 0 Å². The molecular formula is C11H20O2. The second kappa shape index (κ2) is 4.64. The Bertz CT molecular complexity index is 169. The average Bonchev–Trinajstić information content (AvgIpc) is 2.17. The maximum absolute atomic E-state index is 10.7. The summed E-state index contributed by atoms with van der Waals surface area (Å²) in [6.07, 6.45) is 5.25. The summed E-state index contributed by atoms with van der Waals surface area (Å²) in [5, 5.41) is 8.82. The molecule has 1 rings (SSSR count). The SMILES string of the molecule is CC[C@@H](C)C1CCC(C(=O)O)CC1. The molecule has 0 aliphatic heterocycles. The Hall–Kier alpha value is -0.530. The Morgan fingerprint density at radius 2 is 1.92 bits per heavy atom. The fraction of sp³-hybridized carbons (Fsp3) is 0.909. The van der Waals surface area contributed by atoms with Crippen molar-refractivity contribution in [3.05, 3.63) is 0 Å². The minimum atomic E-state index is -0.595. The largest absolute Gasteiger partial charge is 0.481 e. The van der Waals surface area contributed by atoms with Gasteiger partial charge in [0.1, 0.15) is 0 Å². The van der Waals surface area contributed by atoms with Crippen molar-refractivity contribution in [2.45, 2.75) is 46.0 Å². The molecule has 2 nitrogen and oxygen atoms in total. The summed E-state index contributed by atoms with van der Waals surface area (Å²) in [7, 11) is 0. The Balaban J connectivity index is 2.34.